The van der Waals surface area contributed by atoms with Crippen LogP contribution >= 0.6 is 11.6 Å². The molecule has 122 valence electrons. The zero-order chi connectivity index (χ0) is 17.3. The van der Waals surface area contributed by atoms with Gasteiger partial charge < -0.3 is 9.84 Å². The van der Waals surface area contributed by atoms with Crippen LogP contribution in [0.25, 0.3) is 17.2 Å². The lowest BCUT2D eigenvalue weighted by atomic mass is 9.96. The van der Waals surface area contributed by atoms with Gasteiger partial charge in [-0.3, -0.25) is 0 Å². The van der Waals surface area contributed by atoms with Gasteiger partial charge in [0, 0.05) is 18.0 Å². The molecular formula is C17H11ClF2N2O2. The number of halogens is 3. The molecule has 0 aromatic heterocycles. The van der Waals surface area contributed by atoms with Crippen LogP contribution in [0.2, 0.25) is 5.02 Å². The highest BCUT2D eigenvalue weighted by Gasteiger charge is 2.23. The minimum absolute atomic E-state index is 0.0230. The van der Waals surface area contributed by atoms with Crippen LogP contribution in [0.1, 0.15) is 5.56 Å². The summed E-state index contributed by atoms with van der Waals surface area (Å²) in [4.78, 5) is 8.00. The molecule has 0 saturated carbocycles. The van der Waals surface area contributed by atoms with Crippen molar-refractivity contribution < 1.29 is 18.6 Å². The Hall–Kier alpha value is -2.73. The van der Waals surface area contributed by atoms with E-state index in [0.29, 0.717) is 11.4 Å². The number of aliphatic imine (C=N–C) groups is 2. The zero-order valence-corrected chi connectivity index (χ0v) is 13.2. The highest BCUT2D eigenvalue weighted by Crippen LogP contribution is 2.46. The van der Waals surface area contributed by atoms with E-state index in [1.54, 1.807) is 0 Å². The Kier molecular flexibility index (Phi) is 4.31. The summed E-state index contributed by atoms with van der Waals surface area (Å²) in [5, 5.41) is 10.1. The van der Waals surface area contributed by atoms with Crippen LogP contribution < -0.4 is 4.74 Å². The molecule has 0 unspecified atom stereocenters. The van der Waals surface area contributed by atoms with Gasteiger partial charge in [0.15, 0.2) is 17.3 Å². The van der Waals surface area contributed by atoms with E-state index in [0.717, 1.165) is 12.1 Å². The molecule has 0 bridgehead atoms. The van der Waals surface area contributed by atoms with Crippen LogP contribution in [0.15, 0.2) is 40.1 Å². The molecule has 4 nitrogen and oxygen atoms in total. The summed E-state index contributed by atoms with van der Waals surface area (Å²) >= 11 is 6.00. The standard InChI is InChI=1S/C17H11ClF2N2O2/c1-24-17-14(15-11(19)3-2-4-12(15)20)9(7-10(18)16(17)23)8-13-21-5-6-22-13/h2-8,23H,1H3. The number of benzene rings is 2. The number of methoxy groups -OCH3 is 1. The average molecular weight is 349 g/mol. The molecular weight excluding hydrogens is 338 g/mol. The number of hydrogen-bond acceptors (Lipinski definition) is 4. The molecule has 0 amide bonds. The molecule has 1 heterocycles. The first-order valence-electron chi connectivity index (χ1n) is 6.85. The molecule has 0 saturated heterocycles. The maximum atomic E-state index is 14.3. The molecule has 0 spiro atoms. The van der Waals surface area contributed by atoms with Gasteiger partial charge in [-0.15, -0.1) is 0 Å². The normalized spacial score (nSPS) is 12.8. The first-order chi connectivity index (χ1) is 11.5. The maximum absolute atomic E-state index is 14.3. The van der Waals surface area contributed by atoms with Crippen LogP contribution in [-0.4, -0.2) is 24.6 Å². The number of phenols is 1. The molecule has 2 aromatic rings. The predicted octanol–water partition coefficient (Wildman–Crippen LogP) is 4.45. The van der Waals surface area contributed by atoms with Gasteiger partial charge in [0.2, 0.25) is 0 Å². The number of rotatable bonds is 3. The third-order valence-corrected chi connectivity index (χ3v) is 3.71. The van der Waals surface area contributed by atoms with Gasteiger partial charge in [-0.05, 0) is 29.8 Å². The van der Waals surface area contributed by atoms with E-state index >= 15 is 0 Å². The second-order valence-corrected chi connectivity index (χ2v) is 5.27. The van der Waals surface area contributed by atoms with Crippen molar-refractivity contribution in [3.63, 3.8) is 0 Å². The van der Waals surface area contributed by atoms with Crippen molar-refractivity contribution in [3.05, 3.63) is 52.3 Å². The second kappa shape index (κ2) is 6.41. The van der Waals surface area contributed by atoms with E-state index in [9.17, 15) is 13.9 Å². The first-order valence-corrected chi connectivity index (χ1v) is 7.23. The van der Waals surface area contributed by atoms with Gasteiger partial charge in [0.05, 0.1) is 17.7 Å². The molecule has 24 heavy (non-hydrogen) atoms. The largest absolute Gasteiger partial charge is 0.503 e. The molecule has 0 radical (unpaired) electrons. The van der Waals surface area contributed by atoms with Crippen molar-refractivity contribution in [1.82, 2.24) is 0 Å². The SMILES string of the molecule is COc1c(O)c(Cl)cc(C=C2N=CC=N2)c1-c1c(F)cccc1F. The van der Waals surface area contributed by atoms with Crippen molar-refractivity contribution in [1.29, 1.82) is 0 Å². The fourth-order valence-electron chi connectivity index (χ4n) is 2.41. The molecule has 0 aliphatic carbocycles. The Bertz CT molecular complexity index is 874. The molecule has 0 atom stereocenters. The third-order valence-electron chi connectivity index (χ3n) is 3.42. The lowest BCUT2D eigenvalue weighted by molar-refractivity contribution is 0.374. The molecule has 1 N–H and O–H groups in total. The zero-order valence-electron chi connectivity index (χ0n) is 12.4. The number of hydrogen-bond donors (Lipinski definition) is 1. The van der Waals surface area contributed by atoms with E-state index < -0.39 is 17.4 Å². The number of aromatic hydroxyl groups is 1. The van der Waals surface area contributed by atoms with Gasteiger partial charge in [-0.25, -0.2) is 18.8 Å². The summed E-state index contributed by atoms with van der Waals surface area (Å²) in [6, 6.07) is 4.86. The topological polar surface area (TPSA) is 54.2 Å². The van der Waals surface area contributed by atoms with Gasteiger partial charge in [0.25, 0.3) is 0 Å². The van der Waals surface area contributed by atoms with Gasteiger partial charge in [-0.1, -0.05) is 17.7 Å². The van der Waals surface area contributed by atoms with E-state index in [2.05, 4.69) is 9.98 Å². The molecule has 1 aliphatic rings. The summed E-state index contributed by atoms with van der Waals surface area (Å²) in [7, 11) is 1.27. The highest BCUT2D eigenvalue weighted by molar-refractivity contribution is 6.32. The Morgan fingerprint density at radius 2 is 1.75 bits per heavy atom. The van der Waals surface area contributed by atoms with E-state index in [1.807, 2.05) is 0 Å². The van der Waals surface area contributed by atoms with Crippen LogP contribution in [0.3, 0.4) is 0 Å². The van der Waals surface area contributed by atoms with E-state index in [1.165, 1.54) is 37.7 Å². The monoisotopic (exact) mass is 348 g/mol. The summed E-state index contributed by atoms with van der Waals surface area (Å²) < 4.78 is 33.7. The Balaban J connectivity index is 2.38. The lowest BCUT2D eigenvalue weighted by Gasteiger charge is -2.16. The van der Waals surface area contributed by atoms with Gasteiger partial charge in [-0.2, -0.15) is 0 Å². The second-order valence-electron chi connectivity index (χ2n) is 4.86. The van der Waals surface area contributed by atoms with Gasteiger partial charge >= 0.3 is 0 Å². The Morgan fingerprint density at radius 3 is 2.33 bits per heavy atom. The fourth-order valence-corrected chi connectivity index (χ4v) is 2.61. The quantitative estimate of drug-likeness (QED) is 0.890. The average Bonchev–Trinajstić information content (AvgIpc) is 3.05. The van der Waals surface area contributed by atoms with Gasteiger partial charge in [0.1, 0.15) is 11.6 Å². The summed E-state index contributed by atoms with van der Waals surface area (Å²) in [6.45, 7) is 0. The molecule has 7 heteroatoms. The maximum Gasteiger partial charge on any atom is 0.177 e. The van der Waals surface area contributed by atoms with Crippen LogP contribution in [-0.2, 0) is 0 Å². The molecule has 1 aliphatic heterocycles. The lowest BCUT2D eigenvalue weighted by Crippen LogP contribution is -1.98. The number of nitrogens with zero attached hydrogens (tertiary/aromatic N) is 2. The summed E-state index contributed by atoms with van der Waals surface area (Å²) in [6.07, 6.45) is 4.46. The van der Waals surface area contributed by atoms with Crippen LogP contribution in [0, 0.1) is 11.6 Å². The molecule has 3 rings (SSSR count). The van der Waals surface area contributed by atoms with Crippen LogP contribution in [0.5, 0.6) is 11.5 Å². The minimum atomic E-state index is -0.798. The highest BCUT2D eigenvalue weighted by atomic mass is 35.5. The number of phenolic OH excluding ortho intramolecular Hbond substituents is 1. The fraction of sp³-hybridized carbons (Fsp3) is 0.0588. The molecule has 2 aromatic carbocycles. The van der Waals surface area contributed by atoms with Crippen molar-refractivity contribution in [2.45, 2.75) is 0 Å². The van der Waals surface area contributed by atoms with E-state index in [4.69, 9.17) is 16.3 Å². The molecule has 0 fully saturated rings. The number of ether oxygens (including phenoxy) is 1. The summed E-state index contributed by atoms with van der Waals surface area (Å²) in [5.74, 6) is -1.81. The summed E-state index contributed by atoms with van der Waals surface area (Å²) in [5.41, 5.74) is 0.00349. The van der Waals surface area contributed by atoms with Crippen molar-refractivity contribution >= 4 is 30.1 Å². The van der Waals surface area contributed by atoms with Crippen molar-refractivity contribution in [3.8, 4) is 22.6 Å². The van der Waals surface area contributed by atoms with Crippen molar-refractivity contribution in [2.24, 2.45) is 9.98 Å². The van der Waals surface area contributed by atoms with Crippen LogP contribution in [0.4, 0.5) is 8.78 Å². The Labute approximate surface area is 141 Å². The first kappa shape index (κ1) is 16.1. The van der Waals surface area contributed by atoms with E-state index in [-0.39, 0.29) is 21.9 Å². The Morgan fingerprint density at radius 1 is 1.12 bits per heavy atom. The predicted molar refractivity (Wildman–Crippen MR) is 90.0 cm³/mol. The minimum Gasteiger partial charge on any atom is -0.503 e. The third kappa shape index (κ3) is 2.76. The smallest absolute Gasteiger partial charge is 0.177 e. The van der Waals surface area contributed by atoms with Crippen molar-refractivity contribution in [2.75, 3.05) is 7.11 Å².